The van der Waals surface area contributed by atoms with Crippen LogP contribution in [-0.4, -0.2) is 30.6 Å². The van der Waals surface area contributed by atoms with Crippen molar-refractivity contribution in [3.8, 4) is 11.5 Å². The zero-order valence-corrected chi connectivity index (χ0v) is 14.8. The molecule has 0 radical (unpaired) electrons. The summed E-state index contributed by atoms with van der Waals surface area (Å²) in [6.45, 7) is 2.70. The first kappa shape index (κ1) is 17.5. The van der Waals surface area contributed by atoms with Crippen LogP contribution in [0.15, 0.2) is 36.4 Å². The average molecular weight is 364 g/mol. The number of carbonyl (C=O) groups excluding carboxylic acids is 1. The molecule has 3 rings (SSSR count). The minimum Gasteiger partial charge on any atom is -0.494 e. The summed E-state index contributed by atoms with van der Waals surface area (Å²) in [5, 5.41) is 0.622. The van der Waals surface area contributed by atoms with Crippen LogP contribution in [0.25, 0.3) is 0 Å². The first-order chi connectivity index (χ1) is 12.0. The van der Waals surface area contributed by atoms with Crippen molar-refractivity contribution in [3.05, 3.63) is 58.4 Å². The van der Waals surface area contributed by atoms with E-state index < -0.39 is 11.9 Å². The molecule has 25 heavy (non-hydrogen) atoms. The molecular weight excluding hydrogens is 345 g/mol. The van der Waals surface area contributed by atoms with Crippen molar-refractivity contribution in [2.45, 2.75) is 26.0 Å². The third-order valence-corrected chi connectivity index (χ3v) is 4.49. The number of ether oxygens (including phenoxy) is 2. The maximum atomic E-state index is 13.9. The lowest BCUT2D eigenvalue weighted by molar-refractivity contribution is -0.138. The maximum absolute atomic E-state index is 13.9. The Morgan fingerprint density at radius 3 is 2.84 bits per heavy atom. The lowest BCUT2D eigenvalue weighted by Gasteiger charge is -2.24. The average Bonchev–Trinajstić information content (AvgIpc) is 3.02. The number of nitrogens with zero attached hydrogens (tertiary/aromatic N) is 1. The second-order valence-corrected chi connectivity index (χ2v) is 6.32. The van der Waals surface area contributed by atoms with Crippen LogP contribution >= 0.6 is 11.6 Å². The van der Waals surface area contributed by atoms with Crippen LogP contribution in [0.4, 0.5) is 4.39 Å². The monoisotopic (exact) mass is 363 g/mol. The fourth-order valence-electron chi connectivity index (χ4n) is 2.93. The highest BCUT2D eigenvalue weighted by molar-refractivity contribution is 6.30. The molecule has 2 aromatic rings. The highest BCUT2D eigenvalue weighted by Crippen LogP contribution is 2.32. The quantitative estimate of drug-likeness (QED) is 0.810. The summed E-state index contributed by atoms with van der Waals surface area (Å²) in [7, 11) is 1.42. The summed E-state index contributed by atoms with van der Waals surface area (Å²) in [6.07, 6.45) is -0.0844. The largest absolute Gasteiger partial charge is 0.494 e. The Hall–Kier alpha value is -2.27. The summed E-state index contributed by atoms with van der Waals surface area (Å²) in [4.78, 5) is 14.4. The number of hydrogen-bond acceptors (Lipinski definition) is 3. The lowest BCUT2D eigenvalue weighted by Crippen LogP contribution is -2.40. The van der Waals surface area contributed by atoms with Gasteiger partial charge >= 0.3 is 0 Å². The molecule has 4 nitrogen and oxygen atoms in total. The summed E-state index contributed by atoms with van der Waals surface area (Å²) < 4.78 is 24.5. The van der Waals surface area contributed by atoms with Crippen molar-refractivity contribution < 1.29 is 18.7 Å². The van der Waals surface area contributed by atoms with Crippen LogP contribution < -0.4 is 9.47 Å². The number of halogens is 2. The molecule has 1 aliphatic rings. The van der Waals surface area contributed by atoms with E-state index in [-0.39, 0.29) is 11.7 Å². The van der Waals surface area contributed by atoms with E-state index >= 15 is 0 Å². The predicted molar refractivity (Wildman–Crippen MR) is 93.6 cm³/mol. The van der Waals surface area contributed by atoms with Gasteiger partial charge in [0.15, 0.2) is 17.7 Å². The molecule has 0 fully saturated rings. The van der Waals surface area contributed by atoms with Crippen molar-refractivity contribution >= 4 is 17.5 Å². The van der Waals surface area contributed by atoms with Gasteiger partial charge in [-0.15, -0.1) is 0 Å². The molecule has 0 spiro atoms. The zero-order chi connectivity index (χ0) is 18.0. The van der Waals surface area contributed by atoms with Crippen molar-refractivity contribution in [2.24, 2.45) is 0 Å². The van der Waals surface area contributed by atoms with E-state index in [0.717, 1.165) is 5.56 Å². The van der Waals surface area contributed by atoms with Gasteiger partial charge in [-0.1, -0.05) is 17.7 Å². The van der Waals surface area contributed by atoms with Crippen LogP contribution in [0.5, 0.6) is 11.5 Å². The molecule has 0 saturated heterocycles. The molecule has 0 unspecified atom stereocenters. The van der Waals surface area contributed by atoms with Crippen LogP contribution in [-0.2, 0) is 17.8 Å². The molecule has 0 bridgehead atoms. The first-order valence-electron chi connectivity index (χ1n) is 8.08. The van der Waals surface area contributed by atoms with Gasteiger partial charge in [0.1, 0.15) is 5.75 Å². The second kappa shape index (κ2) is 7.31. The predicted octanol–water partition coefficient (Wildman–Crippen LogP) is 3.84. The van der Waals surface area contributed by atoms with E-state index in [1.807, 2.05) is 13.0 Å². The van der Waals surface area contributed by atoms with Crippen LogP contribution in [0.2, 0.25) is 5.02 Å². The van der Waals surface area contributed by atoms with E-state index in [1.54, 1.807) is 29.2 Å². The Labute approximate surface area is 151 Å². The molecule has 1 aliphatic heterocycles. The molecule has 1 amide bonds. The Balaban J connectivity index is 1.71. The van der Waals surface area contributed by atoms with Crippen molar-refractivity contribution in [1.29, 1.82) is 0 Å². The fraction of sp³-hybridized carbons (Fsp3) is 0.316. The zero-order valence-electron chi connectivity index (χ0n) is 14.1. The lowest BCUT2D eigenvalue weighted by atomic mass is 10.1. The van der Waals surface area contributed by atoms with E-state index in [0.29, 0.717) is 35.8 Å². The maximum Gasteiger partial charge on any atom is 0.264 e. The van der Waals surface area contributed by atoms with Gasteiger partial charge in [0.05, 0.1) is 7.11 Å². The third-order valence-electron chi connectivity index (χ3n) is 4.26. The summed E-state index contributed by atoms with van der Waals surface area (Å²) in [5.41, 5.74) is 1.63. The van der Waals surface area contributed by atoms with Gasteiger partial charge in [-0.2, -0.15) is 0 Å². The van der Waals surface area contributed by atoms with Gasteiger partial charge < -0.3 is 14.4 Å². The molecular formula is C19H19ClFNO3. The minimum atomic E-state index is -0.573. The van der Waals surface area contributed by atoms with Gasteiger partial charge in [0.2, 0.25) is 0 Å². The minimum absolute atomic E-state index is 0.119. The normalized spacial score (nSPS) is 15.4. The number of amides is 1. The van der Waals surface area contributed by atoms with Gasteiger partial charge in [-0.3, -0.25) is 4.79 Å². The van der Waals surface area contributed by atoms with Crippen LogP contribution in [0, 0.1) is 5.82 Å². The molecule has 2 aromatic carbocycles. The molecule has 1 heterocycles. The summed E-state index contributed by atoms with van der Waals surface area (Å²) >= 11 is 5.99. The van der Waals surface area contributed by atoms with Crippen molar-refractivity contribution in [2.75, 3.05) is 13.7 Å². The number of methoxy groups -OCH3 is 1. The number of likely N-dealkylation sites (N-methyl/N-ethyl adjacent to an activating group) is 1. The Bertz CT molecular complexity index is 796. The highest BCUT2D eigenvalue weighted by atomic mass is 35.5. The molecule has 0 N–H and O–H groups in total. The Morgan fingerprint density at radius 2 is 2.16 bits per heavy atom. The number of benzene rings is 2. The SMILES string of the molecule is CCN(Cc1ccc(OC)c(F)c1)C(=O)[C@H]1Cc2cc(Cl)ccc2O1. The van der Waals surface area contributed by atoms with E-state index in [9.17, 15) is 9.18 Å². The number of hydrogen-bond donors (Lipinski definition) is 0. The van der Waals surface area contributed by atoms with Gasteiger partial charge in [0.25, 0.3) is 5.91 Å². The van der Waals surface area contributed by atoms with E-state index in [4.69, 9.17) is 21.1 Å². The second-order valence-electron chi connectivity index (χ2n) is 5.88. The molecule has 1 atom stereocenters. The Morgan fingerprint density at radius 1 is 1.36 bits per heavy atom. The number of fused-ring (bicyclic) bond motifs is 1. The molecule has 0 aromatic heterocycles. The highest BCUT2D eigenvalue weighted by Gasteiger charge is 2.32. The Kier molecular flexibility index (Phi) is 5.13. The smallest absolute Gasteiger partial charge is 0.264 e. The van der Waals surface area contributed by atoms with Gasteiger partial charge in [-0.05, 0) is 48.4 Å². The molecule has 132 valence electrons. The first-order valence-corrected chi connectivity index (χ1v) is 8.46. The standard InChI is InChI=1S/C19H19ClFNO3/c1-3-22(11-12-4-6-17(24-2)15(21)8-12)19(23)18-10-13-9-14(20)5-7-16(13)25-18/h4-9,18H,3,10-11H2,1-2H3/t18-/m1/s1. The topological polar surface area (TPSA) is 38.8 Å². The molecule has 0 saturated carbocycles. The van der Waals surface area contributed by atoms with Crippen molar-refractivity contribution in [3.63, 3.8) is 0 Å². The van der Waals surface area contributed by atoms with Crippen LogP contribution in [0.1, 0.15) is 18.1 Å². The molecule has 0 aliphatic carbocycles. The van der Waals surface area contributed by atoms with Gasteiger partial charge in [0, 0.05) is 24.5 Å². The number of rotatable bonds is 5. The van der Waals surface area contributed by atoms with E-state index in [2.05, 4.69) is 0 Å². The van der Waals surface area contributed by atoms with Crippen molar-refractivity contribution in [1.82, 2.24) is 4.90 Å². The number of carbonyl (C=O) groups is 1. The van der Waals surface area contributed by atoms with Crippen LogP contribution in [0.3, 0.4) is 0 Å². The molecule has 6 heteroatoms. The summed E-state index contributed by atoms with van der Waals surface area (Å²) in [6, 6.07) is 10.0. The summed E-state index contributed by atoms with van der Waals surface area (Å²) in [5.74, 6) is 0.313. The van der Waals surface area contributed by atoms with Gasteiger partial charge in [-0.25, -0.2) is 4.39 Å². The third kappa shape index (κ3) is 3.71. The van der Waals surface area contributed by atoms with E-state index in [1.165, 1.54) is 13.2 Å². The fourth-order valence-corrected chi connectivity index (χ4v) is 3.13.